The van der Waals surface area contributed by atoms with Crippen LogP contribution in [0.4, 0.5) is 11.4 Å². The van der Waals surface area contributed by atoms with Crippen molar-refractivity contribution >= 4 is 33.5 Å². The predicted octanol–water partition coefficient (Wildman–Crippen LogP) is 4.18. The maximum atomic E-state index is 13.6. The summed E-state index contributed by atoms with van der Waals surface area (Å²) in [6.45, 7) is 6.85. The molecule has 0 aliphatic carbocycles. The molecule has 0 fully saturated rings. The standard InChI is InChI=1S/C26H28N4O6S/c1-17-6-8-21(20(4)19(17)3)15-27-28-26(31)16-29(22-9-11-23(36-5)12-10-22)37(34,35)24-13-7-18(2)25(14-24)30(32)33/h6-15H,16H2,1-5H3,(H,28,31)/b27-15-. The number of methoxy groups -OCH3 is 1. The number of benzene rings is 3. The Bertz CT molecular complexity index is 1470. The molecule has 0 aliphatic heterocycles. The van der Waals surface area contributed by atoms with Crippen molar-refractivity contribution in [2.75, 3.05) is 18.0 Å². The van der Waals surface area contributed by atoms with E-state index in [1.807, 2.05) is 32.9 Å². The Labute approximate surface area is 215 Å². The van der Waals surface area contributed by atoms with Crippen LogP contribution < -0.4 is 14.5 Å². The first-order chi connectivity index (χ1) is 17.4. The number of carbonyl (C=O) groups is 1. The van der Waals surface area contributed by atoms with Crippen LogP contribution >= 0.6 is 0 Å². The molecule has 10 nitrogen and oxygen atoms in total. The van der Waals surface area contributed by atoms with E-state index in [0.29, 0.717) is 11.3 Å². The number of nitrogens with zero attached hydrogens (tertiary/aromatic N) is 3. The van der Waals surface area contributed by atoms with Gasteiger partial charge in [-0.1, -0.05) is 18.2 Å². The smallest absolute Gasteiger partial charge is 0.273 e. The lowest BCUT2D eigenvalue weighted by atomic mass is 10.00. The number of nitrogens with one attached hydrogen (secondary N) is 1. The fourth-order valence-electron chi connectivity index (χ4n) is 3.59. The van der Waals surface area contributed by atoms with E-state index in [9.17, 15) is 23.3 Å². The molecule has 11 heteroatoms. The maximum Gasteiger partial charge on any atom is 0.273 e. The Hall–Kier alpha value is -4.25. The van der Waals surface area contributed by atoms with Crippen molar-refractivity contribution in [2.45, 2.75) is 32.6 Å². The molecule has 0 spiro atoms. The third-order valence-electron chi connectivity index (χ3n) is 6.11. The van der Waals surface area contributed by atoms with Gasteiger partial charge in [0.1, 0.15) is 12.3 Å². The van der Waals surface area contributed by atoms with Gasteiger partial charge in [0, 0.05) is 11.6 Å². The maximum absolute atomic E-state index is 13.6. The number of nitro benzene ring substituents is 1. The van der Waals surface area contributed by atoms with E-state index in [-0.39, 0.29) is 16.3 Å². The monoisotopic (exact) mass is 524 g/mol. The van der Waals surface area contributed by atoms with Gasteiger partial charge in [-0.15, -0.1) is 0 Å². The second-order valence-electron chi connectivity index (χ2n) is 8.43. The van der Waals surface area contributed by atoms with Crippen LogP contribution in [0.15, 0.2) is 64.6 Å². The van der Waals surface area contributed by atoms with Gasteiger partial charge in [-0.2, -0.15) is 5.10 Å². The number of hydrogen-bond donors (Lipinski definition) is 1. The van der Waals surface area contributed by atoms with Gasteiger partial charge in [-0.3, -0.25) is 19.2 Å². The quantitative estimate of drug-likeness (QED) is 0.254. The number of nitro groups is 1. The zero-order valence-electron chi connectivity index (χ0n) is 21.2. The van der Waals surface area contributed by atoms with Crippen molar-refractivity contribution in [3.63, 3.8) is 0 Å². The van der Waals surface area contributed by atoms with E-state index in [4.69, 9.17) is 4.74 Å². The van der Waals surface area contributed by atoms with Crippen LogP contribution in [0.1, 0.15) is 27.8 Å². The number of sulfonamides is 1. The SMILES string of the molecule is COc1ccc(N(CC(=O)N/N=C\c2ccc(C)c(C)c2C)S(=O)(=O)c2ccc(C)c([N+](=O)[O-])c2)cc1. The highest BCUT2D eigenvalue weighted by Gasteiger charge is 2.29. The van der Waals surface area contributed by atoms with Gasteiger partial charge >= 0.3 is 0 Å². The average Bonchev–Trinajstić information content (AvgIpc) is 2.87. The first kappa shape index (κ1) is 27.3. The lowest BCUT2D eigenvalue weighted by molar-refractivity contribution is -0.385. The number of ether oxygens (including phenoxy) is 1. The highest BCUT2D eigenvalue weighted by atomic mass is 32.2. The van der Waals surface area contributed by atoms with Crippen LogP contribution in [0.25, 0.3) is 0 Å². The summed E-state index contributed by atoms with van der Waals surface area (Å²) >= 11 is 0. The minimum Gasteiger partial charge on any atom is -0.497 e. The molecule has 1 amide bonds. The molecule has 0 unspecified atom stereocenters. The second kappa shape index (κ2) is 11.2. The van der Waals surface area contributed by atoms with E-state index in [1.165, 1.54) is 44.5 Å². The number of amides is 1. The first-order valence-corrected chi connectivity index (χ1v) is 12.7. The Morgan fingerprint density at radius 3 is 2.30 bits per heavy atom. The van der Waals surface area contributed by atoms with E-state index < -0.39 is 27.4 Å². The fraction of sp³-hybridized carbons (Fsp3) is 0.231. The van der Waals surface area contributed by atoms with Gasteiger partial charge in [0.15, 0.2) is 0 Å². The topological polar surface area (TPSA) is 131 Å². The number of rotatable bonds is 9. The molecule has 0 atom stereocenters. The molecular weight excluding hydrogens is 496 g/mol. The molecule has 3 aromatic rings. The Morgan fingerprint density at radius 2 is 1.68 bits per heavy atom. The Kier molecular flexibility index (Phi) is 8.28. The second-order valence-corrected chi connectivity index (χ2v) is 10.3. The third-order valence-corrected chi connectivity index (χ3v) is 7.88. The summed E-state index contributed by atoms with van der Waals surface area (Å²) in [5.74, 6) is -0.205. The third kappa shape index (κ3) is 6.12. The number of carbonyl (C=O) groups excluding carboxylic acids is 1. The van der Waals surface area contributed by atoms with Gasteiger partial charge in [-0.05, 0) is 80.3 Å². The molecule has 0 saturated carbocycles. The van der Waals surface area contributed by atoms with Gasteiger partial charge in [-0.25, -0.2) is 13.8 Å². The predicted molar refractivity (Wildman–Crippen MR) is 142 cm³/mol. The average molecular weight is 525 g/mol. The van der Waals surface area contributed by atoms with Crippen LogP contribution in [-0.2, 0) is 14.8 Å². The summed E-state index contributed by atoms with van der Waals surface area (Å²) in [6, 6.07) is 13.5. The number of aryl methyl sites for hydroxylation is 2. The van der Waals surface area contributed by atoms with Crippen molar-refractivity contribution in [2.24, 2.45) is 5.10 Å². The number of anilines is 1. The summed E-state index contributed by atoms with van der Waals surface area (Å²) in [5, 5.41) is 15.4. The Morgan fingerprint density at radius 1 is 1.03 bits per heavy atom. The molecule has 0 aliphatic rings. The Balaban J connectivity index is 1.92. The molecule has 1 N–H and O–H groups in total. The van der Waals surface area contributed by atoms with Crippen LogP contribution in [0.3, 0.4) is 0 Å². The number of hydrazone groups is 1. The van der Waals surface area contributed by atoms with Crippen LogP contribution in [0.5, 0.6) is 5.75 Å². The molecule has 0 heterocycles. The van der Waals surface area contributed by atoms with Crippen molar-refractivity contribution < 1.29 is 22.9 Å². The molecule has 0 radical (unpaired) electrons. The molecule has 37 heavy (non-hydrogen) atoms. The lowest BCUT2D eigenvalue weighted by Crippen LogP contribution is -2.39. The molecule has 0 bridgehead atoms. The van der Waals surface area contributed by atoms with E-state index in [2.05, 4.69) is 10.5 Å². The largest absolute Gasteiger partial charge is 0.497 e. The van der Waals surface area contributed by atoms with E-state index >= 15 is 0 Å². The first-order valence-electron chi connectivity index (χ1n) is 11.3. The fourth-order valence-corrected chi connectivity index (χ4v) is 5.04. The van der Waals surface area contributed by atoms with Crippen molar-refractivity contribution in [1.29, 1.82) is 0 Å². The van der Waals surface area contributed by atoms with Crippen LogP contribution in [-0.4, -0.2) is 39.1 Å². The van der Waals surface area contributed by atoms with Gasteiger partial charge < -0.3 is 4.74 Å². The highest BCUT2D eigenvalue weighted by Crippen LogP contribution is 2.29. The minimum absolute atomic E-state index is 0.174. The number of hydrogen-bond acceptors (Lipinski definition) is 7. The summed E-state index contributed by atoms with van der Waals surface area (Å²) in [7, 11) is -2.89. The van der Waals surface area contributed by atoms with Gasteiger partial charge in [0.2, 0.25) is 0 Å². The molecule has 3 rings (SSSR count). The van der Waals surface area contributed by atoms with Crippen molar-refractivity contribution in [1.82, 2.24) is 5.43 Å². The summed E-state index contributed by atoms with van der Waals surface area (Å²) in [6.07, 6.45) is 1.50. The minimum atomic E-state index is -4.36. The molecule has 0 aromatic heterocycles. The summed E-state index contributed by atoms with van der Waals surface area (Å²) in [5.41, 5.74) is 6.59. The molecule has 0 saturated heterocycles. The van der Waals surface area contributed by atoms with E-state index in [1.54, 1.807) is 12.1 Å². The van der Waals surface area contributed by atoms with Crippen LogP contribution in [0.2, 0.25) is 0 Å². The van der Waals surface area contributed by atoms with Gasteiger partial charge in [0.05, 0.1) is 28.8 Å². The van der Waals surface area contributed by atoms with Crippen LogP contribution in [0, 0.1) is 37.8 Å². The van der Waals surface area contributed by atoms with E-state index in [0.717, 1.165) is 32.6 Å². The molecule has 3 aromatic carbocycles. The van der Waals surface area contributed by atoms with Crippen molar-refractivity contribution in [3.05, 3.63) is 92.5 Å². The van der Waals surface area contributed by atoms with Gasteiger partial charge in [0.25, 0.3) is 21.6 Å². The molecule has 194 valence electrons. The highest BCUT2D eigenvalue weighted by molar-refractivity contribution is 7.92. The molecular formula is C26H28N4O6S. The lowest BCUT2D eigenvalue weighted by Gasteiger charge is -2.24. The summed E-state index contributed by atoms with van der Waals surface area (Å²) in [4.78, 5) is 23.2. The van der Waals surface area contributed by atoms with Crippen molar-refractivity contribution in [3.8, 4) is 5.75 Å². The zero-order chi connectivity index (χ0) is 27.3. The summed E-state index contributed by atoms with van der Waals surface area (Å²) < 4.78 is 33.1. The zero-order valence-corrected chi connectivity index (χ0v) is 22.0. The normalized spacial score (nSPS) is 11.4.